The maximum Gasteiger partial charge on any atom is 0.407 e. The number of benzene rings is 2. The Hall–Kier alpha value is -3.49. The van der Waals surface area contributed by atoms with Gasteiger partial charge in [-0.15, -0.1) is 0 Å². The Morgan fingerprint density at radius 2 is 1.56 bits per heavy atom. The zero-order valence-corrected chi connectivity index (χ0v) is 18.8. The molecule has 0 saturated carbocycles. The molecule has 0 radical (unpaired) electrons. The first-order valence-corrected chi connectivity index (χ1v) is 11.2. The SMILES string of the molecule is CCCC(CC(=O)NC(CC(=O)O)C(F)F)NC(=O)OCC1c2ccccc2-c2ccccc21. The predicted molar refractivity (Wildman–Crippen MR) is 122 cm³/mol. The summed E-state index contributed by atoms with van der Waals surface area (Å²) in [6.07, 6.45) is -3.81. The van der Waals surface area contributed by atoms with Gasteiger partial charge in [0.15, 0.2) is 0 Å². The minimum atomic E-state index is -3.01. The first-order valence-electron chi connectivity index (χ1n) is 11.2. The van der Waals surface area contributed by atoms with E-state index in [0.29, 0.717) is 12.8 Å². The van der Waals surface area contributed by atoms with Crippen LogP contribution < -0.4 is 10.6 Å². The molecule has 1 aliphatic carbocycles. The number of nitrogens with one attached hydrogen (secondary N) is 2. The third-order valence-electron chi connectivity index (χ3n) is 5.78. The van der Waals surface area contributed by atoms with Gasteiger partial charge in [-0.1, -0.05) is 61.9 Å². The van der Waals surface area contributed by atoms with Crippen molar-refractivity contribution in [1.82, 2.24) is 10.6 Å². The summed E-state index contributed by atoms with van der Waals surface area (Å²) in [6.45, 7) is 1.97. The van der Waals surface area contributed by atoms with Crippen LogP contribution in [0.25, 0.3) is 11.1 Å². The molecule has 1 aliphatic rings. The molecule has 0 heterocycles. The third kappa shape index (κ3) is 6.30. The van der Waals surface area contributed by atoms with Crippen LogP contribution in [0.5, 0.6) is 0 Å². The minimum Gasteiger partial charge on any atom is -0.481 e. The second-order valence-electron chi connectivity index (χ2n) is 8.27. The van der Waals surface area contributed by atoms with Gasteiger partial charge in [-0.3, -0.25) is 9.59 Å². The zero-order chi connectivity index (χ0) is 24.7. The van der Waals surface area contributed by atoms with Gasteiger partial charge in [-0.2, -0.15) is 0 Å². The molecular formula is C25H28F2N2O5. The molecule has 2 amide bonds. The molecule has 3 N–H and O–H groups in total. The number of ether oxygens (including phenoxy) is 1. The molecule has 2 aromatic rings. The number of carbonyl (C=O) groups is 3. The average molecular weight is 475 g/mol. The zero-order valence-electron chi connectivity index (χ0n) is 18.8. The Morgan fingerprint density at radius 3 is 2.09 bits per heavy atom. The Bertz CT molecular complexity index is 984. The summed E-state index contributed by atoms with van der Waals surface area (Å²) in [5.41, 5.74) is 4.33. The van der Waals surface area contributed by atoms with Gasteiger partial charge in [0.1, 0.15) is 12.6 Å². The number of carboxylic acid groups (broad SMARTS) is 1. The number of carbonyl (C=O) groups excluding carboxylic acids is 2. The second-order valence-corrected chi connectivity index (χ2v) is 8.27. The molecule has 0 saturated heterocycles. The summed E-state index contributed by atoms with van der Waals surface area (Å²) in [4.78, 5) is 35.5. The van der Waals surface area contributed by atoms with Gasteiger partial charge in [0.25, 0.3) is 6.43 Å². The topological polar surface area (TPSA) is 105 Å². The van der Waals surface area contributed by atoms with Gasteiger partial charge in [-0.05, 0) is 28.7 Å². The van der Waals surface area contributed by atoms with Gasteiger partial charge in [-0.25, -0.2) is 13.6 Å². The van der Waals surface area contributed by atoms with Gasteiger partial charge >= 0.3 is 12.1 Å². The number of fused-ring (bicyclic) bond motifs is 3. The molecule has 3 rings (SSSR count). The van der Waals surface area contributed by atoms with Crippen LogP contribution in [0, 0.1) is 0 Å². The summed E-state index contributed by atoms with van der Waals surface area (Å²) in [6, 6.07) is 13.4. The van der Waals surface area contributed by atoms with E-state index in [0.717, 1.165) is 22.3 Å². The van der Waals surface area contributed by atoms with Gasteiger partial charge < -0.3 is 20.5 Å². The number of rotatable bonds is 11. The number of hydrogen-bond donors (Lipinski definition) is 3. The van der Waals surface area contributed by atoms with Gasteiger partial charge in [0.05, 0.1) is 6.42 Å². The molecule has 9 heteroatoms. The van der Waals surface area contributed by atoms with Crippen LogP contribution in [-0.2, 0) is 14.3 Å². The summed E-state index contributed by atoms with van der Waals surface area (Å²) in [7, 11) is 0. The van der Waals surface area contributed by atoms with E-state index in [1.54, 1.807) is 0 Å². The highest BCUT2D eigenvalue weighted by Gasteiger charge is 2.30. The van der Waals surface area contributed by atoms with Crippen molar-refractivity contribution in [3.05, 3.63) is 59.7 Å². The number of hydrogen-bond acceptors (Lipinski definition) is 4. The van der Waals surface area contributed by atoms with Crippen molar-refractivity contribution in [3.8, 4) is 11.1 Å². The first-order chi connectivity index (χ1) is 16.3. The smallest absolute Gasteiger partial charge is 0.407 e. The van der Waals surface area contributed by atoms with E-state index in [2.05, 4.69) is 5.32 Å². The summed E-state index contributed by atoms with van der Waals surface area (Å²) >= 11 is 0. The van der Waals surface area contributed by atoms with Crippen LogP contribution in [0.2, 0.25) is 0 Å². The Kier molecular flexibility index (Phi) is 8.56. The molecule has 0 spiro atoms. The highest BCUT2D eigenvalue weighted by atomic mass is 19.3. The molecule has 7 nitrogen and oxygen atoms in total. The summed E-state index contributed by atoms with van der Waals surface area (Å²) < 4.78 is 31.5. The molecule has 0 aromatic heterocycles. The Morgan fingerprint density at radius 1 is 0.971 bits per heavy atom. The van der Waals surface area contributed by atoms with Crippen molar-refractivity contribution in [1.29, 1.82) is 0 Å². The van der Waals surface area contributed by atoms with E-state index in [1.165, 1.54) is 0 Å². The van der Waals surface area contributed by atoms with Gasteiger partial charge in [0, 0.05) is 18.4 Å². The molecule has 0 bridgehead atoms. The lowest BCUT2D eigenvalue weighted by molar-refractivity contribution is -0.139. The molecular weight excluding hydrogens is 446 g/mol. The van der Waals surface area contributed by atoms with E-state index in [-0.39, 0.29) is 18.9 Å². The molecule has 2 unspecified atom stereocenters. The van der Waals surface area contributed by atoms with E-state index >= 15 is 0 Å². The normalized spacial score (nSPS) is 14.1. The minimum absolute atomic E-state index is 0.108. The van der Waals surface area contributed by atoms with Crippen LogP contribution in [0.15, 0.2) is 48.5 Å². The van der Waals surface area contributed by atoms with Crippen molar-refractivity contribution >= 4 is 18.0 Å². The first kappa shape index (κ1) is 25.1. The largest absolute Gasteiger partial charge is 0.481 e. The quantitative estimate of drug-likeness (QED) is 0.450. The number of alkyl halides is 2. The highest BCUT2D eigenvalue weighted by Crippen LogP contribution is 2.44. The molecule has 0 fully saturated rings. The number of aliphatic carboxylic acids is 1. The lowest BCUT2D eigenvalue weighted by Crippen LogP contribution is -2.45. The molecule has 34 heavy (non-hydrogen) atoms. The van der Waals surface area contributed by atoms with E-state index in [9.17, 15) is 23.2 Å². The van der Waals surface area contributed by atoms with E-state index < -0.39 is 42.9 Å². The molecule has 2 aromatic carbocycles. The lowest BCUT2D eigenvalue weighted by atomic mass is 9.98. The van der Waals surface area contributed by atoms with Crippen molar-refractivity contribution in [2.45, 2.75) is 57.0 Å². The Labute approximate surface area is 196 Å². The number of amides is 2. The molecule has 182 valence electrons. The predicted octanol–water partition coefficient (Wildman–Crippen LogP) is 4.31. The number of carboxylic acids is 1. The van der Waals surface area contributed by atoms with Crippen molar-refractivity contribution in [2.75, 3.05) is 6.61 Å². The van der Waals surface area contributed by atoms with Gasteiger partial charge in [0.2, 0.25) is 5.91 Å². The van der Waals surface area contributed by atoms with Crippen molar-refractivity contribution in [3.63, 3.8) is 0 Å². The monoisotopic (exact) mass is 474 g/mol. The van der Waals surface area contributed by atoms with Crippen molar-refractivity contribution in [2.24, 2.45) is 0 Å². The average Bonchev–Trinajstić information content (AvgIpc) is 3.11. The second kappa shape index (κ2) is 11.6. The number of alkyl carbamates (subject to hydrolysis) is 1. The highest BCUT2D eigenvalue weighted by molar-refractivity contribution is 5.80. The fraction of sp³-hybridized carbons (Fsp3) is 0.400. The van der Waals surface area contributed by atoms with Crippen LogP contribution in [0.1, 0.15) is 49.7 Å². The van der Waals surface area contributed by atoms with E-state index in [4.69, 9.17) is 9.84 Å². The van der Waals surface area contributed by atoms with Crippen LogP contribution in [-0.4, -0.2) is 48.2 Å². The number of halogens is 2. The lowest BCUT2D eigenvalue weighted by Gasteiger charge is -2.21. The fourth-order valence-electron chi connectivity index (χ4n) is 4.26. The third-order valence-corrected chi connectivity index (χ3v) is 5.78. The van der Waals surface area contributed by atoms with Crippen LogP contribution in [0.4, 0.5) is 13.6 Å². The van der Waals surface area contributed by atoms with Crippen LogP contribution in [0.3, 0.4) is 0 Å². The van der Waals surface area contributed by atoms with Crippen molar-refractivity contribution < 1.29 is 33.0 Å². The maximum absolute atomic E-state index is 13.0. The Balaban J connectivity index is 1.58. The molecule has 2 atom stereocenters. The standard InChI is InChI=1S/C25H28F2N2O5/c1-2-7-15(12-22(30)29-21(24(26)27)13-23(31)32)28-25(33)34-14-20-18-10-5-3-8-16(18)17-9-4-6-11-19(17)20/h3-6,8-11,15,20-21,24H,2,7,12-14H2,1H3,(H,28,33)(H,29,30)(H,31,32). The maximum atomic E-state index is 13.0. The van der Waals surface area contributed by atoms with Crippen LogP contribution >= 0.6 is 0 Å². The summed E-state index contributed by atoms with van der Waals surface area (Å²) in [5.74, 6) is -2.31. The van der Waals surface area contributed by atoms with E-state index in [1.807, 2.05) is 60.8 Å². The molecule has 0 aliphatic heterocycles. The summed E-state index contributed by atoms with van der Waals surface area (Å²) in [5, 5.41) is 13.4. The fourth-order valence-corrected chi connectivity index (χ4v) is 4.26.